The second-order valence-corrected chi connectivity index (χ2v) is 4.09. The van der Waals surface area contributed by atoms with Gasteiger partial charge in [-0.05, 0) is 30.5 Å². The zero-order valence-electron chi connectivity index (χ0n) is 9.02. The van der Waals surface area contributed by atoms with Gasteiger partial charge in [0.2, 0.25) is 0 Å². The van der Waals surface area contributed by atoms with Gasteiger partial charge < -0.3 is 10.1 Å². The van der Waals surface area contributed by atoms with E-state index in [0.29, 0.717) is 6.10 Å². The molecule has 3 heteroatoms. The molecule has 82 valence electrons. The topological polar surface area (TPSA) is 34.1 Å². The van der Waals surface area contributed by atoms with Gasteiger partial charge in [-0.15, -0.1) is 0 Å². The Kier molecular flexibility index (Phi) is 2.46. The number of aromatic nitrogens is 1. The standard InChI is InChI=1S/C13H14N2O/c1-2-10-4-6-15-9-12(10)13(3-1)16-11-5-7-14-8-11/h1-4,6,9,11,14H,5,7-8H2. The summed E-state index contributed by atoms with van der Waals surface area (Å²) in [5, 5.41) is 5.57. The Balaban J connectivity index is 1.96. The molecule has 16 heavy (non-hydrogen) atoms. The molecule has 1 aromatic carbocycles. The first-order valence-electron chi connectivity index (χ1n) is 5.63. The Labute approximate surface area is 94.5 Å². The Morgan fingerprint density at radius 2 is 2.31 bits per heavy atom. The van der Waals surface area contributed by atoms with Crippen LogP contribution in [0.15, 0.2) is 36.7 Å². The maximum atomic E-state index is 5.99. The molecule has 0 radical (unpaired) electrons. The molecule has 1 atom stereocenters. The lowest BCUT2D eigenvalue weighted by molar-refractivity contribution is 0.226. The maximum absolute atomic E-state index is 5.99. The van der Waals surface area contributed by atoms with Crippen LogP contribution in [0.2, 0.25) is 0 Å². The van der Waals surface area contributed by atoms with Gasteiger partial charge >= 0.3 is 0 Å². The Bertz CT molecular complexity index is 487. The third-order valence-electron chi connectivity index (χ3n) is 2.95. The number of hydrogen-bond donors (Lipinski definition) is 1. The first-order chi connectivity index (χ1) is 7.93. The van der Waals surface area contributed by atoms with Crippen molar-refractivity contribution in [3.05, 3.63) is 36.7 Å². The summed E-state index contributed by atoms with van der Waals surface area (Å²) in [5.74, 6) is 0.944. The van der Waals surface area contributed by atoms with Crippen molar-refractivity contribution in [3.63, 3.8) is 0 Å². The van der Waals surface area contributed by atoms with Gasteiger partial charge in [-0.25, -0.2) is 0 Å². The van der Waals surface area contributed by atoms with Crippen LogP contribution in [-0.4, -0.2) is 24.2 Å². The fourth-order valence-electron chi connectivity index (χ4n) is 2.10. The van der Waals surface area contributed by atoms with Crippen LogP contribution in [-0.2, 0) is 0 Å². The molecule has 0 aliphatic carbocycles. The van der Waals surface area contributed by atoms with Gasteiger partial charge in [0, 0.05) is 24.3 Å². The molecule has 1 unspecified atom stereocenters. The molecule has 0 amide bonds. The predicted molar refractivity (Wildman–Crippen MR) is 63.6 cm³/mol. The lowest BCUT2D eigenvalue weighted by atomic mass is 10.1. The number of benzene rings is 1. The fourth-order valence-corrected chi connectivity index (χ4v) is 2.10. The number of nitrogens with one attached hydrogen (secondary N) is 1. The van der Waals surface area contributed by atoms with Crippen molar-refractivity contribution in [1.82, 2.24) is 10.3 Å². The van der Waals surface area contributed by atoms with Crippen molar-refractivity contribution < 1.29 is 4.74 Å². The summed E-state index contributed by atoms with van der Waals surface area (Å²) in [7, 11) is 0. The van der Waals surface area contributed by atoms with E-state index >= 15 is 0 Å². The monoisotopic (exact) mass is 214 g/mol. The molecule has 1 aliphatic heterocycles. The van der Waals surface area contributed by atoms with E-state index in [2.05, 4.69) is 16.4 Å². The van der Waals surface area contributed by atoms with Crippen molar-refractivity contribution >= 4 is 10.8 Å². The largest absolute Gasteiger partial charge is 0.488 e. The molecule has 0 bridgehead atoms. The third kappa shape index (κ3) is 1.74. The van der Waals surface area contributed by atoms with E-state index in [1.165, 1.54) is 5.39 Å². The molecule has 2 heterocycles. The number of nitrogens with zero attached hydrogens (tertiary/aromatic N) is 1. The number of ether oxygens (including phenoxy) is 1. The summed E-state index contributed by atoms with van der Waals surface area (Å²) in [6.07, 6.45) is 5.05. The molecule has 1 saturated heterocycles. The lowest BCUT2D eigenvalue weighted by Gasteiger charge is -2.14. The fraction of sp³-hybridized carbons (Fsp3) is 0.308. The number of fused-ring (bicyclic) bond motifs is 1. The number of pyridine rings is 1. The Morgan fingerprint density at radius 1 is 1.31 bits per heavy atom. The van der Waals surface area contributed by atoms with Crippen molar-refractivity contribution in [2.45, 2.75) is 12.5 Å². The highest BCUT2D eigenvalue weighted by Crippen LogP contribution is 2.26. The van der Waals surface area contributed by atoms with Gasteiger partial charge in [0.05, 0.1) is 0 Å². The van der Waals surface area contributed by atoms with Gasteiger partial charge in [-0.2, -0.15) is 0 Å². The van der Waals surface area contributed by atoms with Crippen molar-refractivity contribution in [3.8, 4) is 5.75 Å². The van der Waals surface area contributed by atoms with Crippen LogP contribution in [0.4, 0.5) is 0 Å². The molecule has 1 aliphatic rings. The number of rotatable bonds is 2. The number of hydrogen-bond acceptors (Lipinski definition) is 3. The van der Waals surface area contributed by atoms with Gasteiger partial charge in [-0.3, -0.25) is 4.98 Å². The predicted octanol–water partition coefficient (Wildman–Crippen LogP) is 1.98. The highest BCUT2D eigenvalue weighted by Gasteiger charge is 2.16. The summed E-state index contributed by atoms with van der Waals surface area (Å²) < 4.78 is 5.99. The van der Waals surface area contributed by atoms with Crippen LogP contribution in [0.1, 0.15) is 6.42 Å². The highest BCUT2D eigenvalue weighted by molar-refractivity contribution is 5.87. The quantitative estimate of drug-likeness (QED) is 0.830. The van der Waals surface area contributed by atoms with Gasteiger partial charge in [0.1, 0.15) is 11.9 Å². The van der Waals surface area contributed by atoms with E-state index in [1.807, 2.05) is 30.6 Å². The smallest absolute Gasteiger partial charge is 0.129 e. The van der Waals surface area contributed by atoms with Crippen LogP contribution in [0.25, 0.3) is 10.8 Å². The summed E-state index contributed by atoms with van der Waals surface area (Å²) >= 11 is 0. The minimum atomic E-state index is 0.297. The average molecular weight is 214 g/mol. The zero-order chi connectivity index (χ0) is 10.8. The van der Waals surface area contributed by atoms with E-state index < -0.39 is 0 Å². The SMILES string of the molecule is c1cc(OC2CCNC2)c2cnccc2c1. The second kappa shape index (κ2) is 4.10. The van der Waals surface area contributed by atoms with Gasteiger partial charge in [-0.1, -0.05) is 12.1 Å². The maximum Gasteiger partial charge on any atom is 0.129 e. The average Bonchev–Trinajstić information content (AvgIpc) is 2.82. The van der Waals surface area contributed by atoms with Crippen LogP contribution in [0.3, 0.4) is 0 Å². The van der Waals surface area contributed by atoms with Crippen LogP contribution in [0, 0.1) is 0 Å². The van der Waals surface area contributed by atoms with Gasteiger partial charge in [0.15, 0.2) is 0 Å². The molecule has 2 aromatic rings. The van der Waals surface area contributed by atoms with Crippen LogP contribution >= 0.6 is 0 Å². The molecule has 1 aromatic heterocycles. The summed E-state index contributed by atoms with van der Waals surface area (Å²) in [5.41, 5.74) is 0. The molecule has 1 N–H and O–H groups in total. The first kappa shape index (κ1) is 9.60. The van der Waals surface area contributed by atoms with E-state index in [-0.39, 0.29) is 0 Å². The Hall–Kier alpha value is -1.61. The summed E-state index contributed by atoms with van der Waals surface area (Å²) in [4.78, 5) is 4.15. The first-order valence-corrected chi connectivity index (χ1v) is 5.63. The van der Waals surface area contributed by atoms with Crippen molar-refractivity contribution in [2.75, 3.05) is 13.1 Å². The Morgan fingerprint density at radius 3 is 3.19 bits per heavy atom. The van der Waals surface area contributed by atoms with Crippen LogP contribution in [0.5, 0.6) is 5.75 Å². The molecule has 0 saturated carbocycles. The van der Waals surface area contributed by atoms with E-state index in [1.54, 1.807) is 0 Å². The van der Waals surface area contributed by atoms with Crippen LogP contribution < -0.4 is 10.1 Å². The molecule has 3 rings (SSSR count). The molecule has 0 spiro atoms. The van der Waals surface area contributed by atoms with Crippen molar-refractivity contribution in [2.24, 2.45) is 0 Å². The van der Waals surface area contributed by atoms with E-state index in [0.717, 1.165) is 30.6 Å². The third-order valence-corrected chi connectivity index (χ3v) is 2.95. The summed E-state index contributed by atoms with van der Waals surface area (Å²) in [6, 6.07) is 8.13. The second-order valence-electron chi connectivity index (χ2n) is 4.09. The molecule has 1 fully saturated rings. The van der Waals surface area contributed by atoms with Crippen molar-refractivity contribution in [1.29, 1.82) is 0 Å². The molecular weight excluding hydrogens is 200 g/mol. The van der Waals surface area contributed by atoms with Gasteiger partial charge in [0.25, 0.3) is 0 Å². The zero-order valence-corrected chi connectivity index (χ0v) is 9.02. The highest BCUT2D eigenvalue weighted by atomic mass is 16.5. The molecular formula is C13H14N2O. The van der Waals surface area contributed by atoms with E-state index in [9.17, 15) is 0 Å². The molecule has 3 nitrogen and oxygen atoms in total. The minimum Gasteiger partial charge on any atom is -0.488 e. The van der Waals surface area contributed by atoms with E-state index in [4.69, 9.17) is 4.74 Å². The minimum absolute atomic E-state index is 0.297. The summed E-state index contributed by atoms with van der Waals surface area (Å²) in [6.45, 7) is 1.99. The normalized spacial score (nSPS) is 20.1. The lowest BCUT2D eigenvalue weighted by Crippen LogP contribution is -2.19.